The van der Waals surface area contributed by atoms with E-state index in [2.05, 4.69) is 11.4 Å². The van der Waals surface area contributed by atoms with E-state index in [0.29, 0.717) is 11.3 Å². The highest BCUT2D eigenvalue weighted by Gasteiger charge is 2.36. The maximum absolute atomic E-state index is 11.8. The van der Waals surface area contributed by atoms with Crippen molar-refractivity contribution in [2.75, 3.05) is 12.4 Å². The highest BCUT2D eigenvalue weighted by atomic mass is 16.2. The molecule has 92 valence electrons. The number of imide groups is 1. The molecule has 5 heteroatoms. The van der Waals surface area contributed by atoms with Crippen LogP contribution in [0.3, 0.4) is 0 Å². The summed E-state index contributed by atoms with van der Waals surface area (Å²) >= 11 is 0. The van der Waals surface area contributed by atoms with Crippen molar-refractivity contribution < 1.29 is 9.59 Å². The zero-order valence-corrected chi connectivity index (χ0v) is 10.2. The average molecular weight is 243 g/mol. The zero-order chi connectivity index (χ0) is 13.3. The first kappa shape index (κ1) is 12.1. The first-order valence-electron chi connectivity index (χ1n) is 5.61. The van der Waals surface area contributed by atoms with Crippen LogP contribution >= 0.6 is 0 Å². The molecule has 1 fully saturated rings. The number of nitrogens with zero attached hydrogens (tertiary/aromatic N) is 2. The summed E-state index contributed by atoms with van der Waals surface area (Å²) in [4.78, 5) is 24.3. The molecule has 18 heavy (non-hydrogen) atoms. The normalized spacial score (nSPS) is 18.9. The van der Waals surface area contributed by atoms with Gasteiger partial charge in [-0.3, -0.25) is 14.5 Å². The molecule has 0 aromatic heterocycles. The van der Waals surface area contributed by atoms with Crippen molar-refractivity contribution in [1.82, 2.24) is 4.90 Å². The van der Waals surface area contributed by atoms with Gasteiger partial charge in [-0.25, -0.2) is 0 Å². The monoisotopic (exact) mass is 243 g/mol. The van der Waals surface area contributed by atoms with Crippen LogP contribution in [0.5, 0.6) is 0 Å². The summed E-state index contributed by atoms with van der Waals surface area (Å²) in [6.07, 6.45) is 0.133. The molecule has 1 atom stereocenters. The Morgan fingerprint density at radius 2 is 2.17 bits per heavy atom. The number of hydrogen-bond donors (Lipinski definition) is 1. The van der Waals surface area contributed by atoms with Crippen molar-refractivity contribution in [3.05, 3.63) is 29.3 Å². The van der Waals surface area contributed by atoms with Gasteiger partial charge < -0.3 is 5.32 Å². The summed E-state index contributed by atoms with van der Waals surface area (Å²) in [7, 11) is 1.47. The molecule has 1 aromatic rings. The summed E-state index contributed by atoms with van der Waals surface area (Å²) in [5, 5.41) is 12.1. The molecule has 2 amide bonds. The van der Waals surface area contributed by atoms with Gasteiger partial charge in [0, 0.05) is 7.05 Å². The van der Waals surface area contributed by atoms with Crippen molar-refractivity contribution in [1.29, 1.82) is 5.26 Å². The third-order valence-electron chi connectivity index (χ3n) is 3.10. The topological polar surface area (TPSA) is 73.2 Å². The quantitative estimate of drug-likeness (QED) is 0.787. The lowest BCUT2D eigenvalue weighted by atomic mass is 10.1. The molecule has 0 bridgehead atoms. The predicted octanol–water partition coefficient (Wildman–Crippen LogP) is 1.04. The maximum atomic E-state index is 11.8. The lowest BCUT2D eigenvalue weighted by molar-refractivity contribution is -0.136. The van der Waals surface area contributed by atoms with E-state index in [-0.39, 0.29) is 18.2 Å². The molecule has 1 aromatic carbocycles. The van der Waals surface area contributed by atoms with E-state index < -0.39 is 6.04 Å². The van der Waals surface area contributed by atoms with Crippen molar-refractivity contribution in [2.45, 2.75) is 19.4 Å². The largest absolute Gasteiger partial charge is 0.372 e. The number of hydrogen-bond acceptors (Lipinski definition) is 4. The molecule has 1 heterocycles. The summed E-state index contributed by atoms with van der Waals surface area (Å²) in [6.45, 7) is 1.83. The smallest absolute Gasteiger partial charge is 0.251 e. The number of likely N-dealkylation sites (N-methyl/N-ethyl adjacent to an activating group) is 1. The van der Waals surface area contributed by atoms with Gasteiger partial charge in [-0.05, 0) is 18.6 Å². The molecule has 0 aliphatic carbocycles. The average Bonchev–Trinajstić information content (AvgIpc) is 2.57. The zero-order valence-electron chi connectivity index (χ0n) is 10.2. The van der Waals surface area contributed by atoms with Crippen molar-refractivity contribution in [3.63, 3.8) is 0 Å². The molecule has 1 N–H and O–H groups in total. The molecule has 2 rings (SSSR count). The van der Waals surface area contributed by atoms with E-state index in [0.717, 1.165) is 10.5 Å². The van der Waals surface area contributed by atoms with Crippen molar-refractivity contribution >= 4 is 17.5 Å². The number of carbonyl (C=O) groups is 2. The van der Waals surface area contributed by atoms with Gasteiger partial charge in [-0.15, -0.1) is 0 Å². The van der Waals surface area contributed by atoms with Gasteiger partial charge in [0.15, 0.2) is 0 Å². The van der Waals surface area contributed by atoms with E-state index in [9.17, 15) is 9.59 Å². The van der Waals surface area contributed by atoms with Crippen LogP contribution in [0.15, 0.2) is 18.2 Å². The summed E-state index contributed by atoms with van der Waals surface area (Å²) in [5.74, 6) is -0.464. The van der Waals surface area contributed by atoms with Gasteiger partial charge in [0.25, 0.3) is 5.91 Å². The van der Waals surface area contributed by atoms with E-state index in [1.54, 1.807) is 6.07 Å². The highest BCUT2D eigenvalue weighted by Crippen LogP contribution is 2.22. The maximum Gasteiger partial charge on any atom is 0.251 e. The minimum Gasteiger partial charge on any atom is -0.372 e. The Kier molecular flexibility index (Phi) is 3.02. The van der Waals surface area contributed by atoms with Crippen LogP contribution in [-0.2, 0) is 9.59 Å². The van der Waals surface area contributed by atoms with Gasteiger partial charge in [0.1, 0.15) is 12.1 Å². The first-order chi connectivity index (χ1) is 8.54. The highest BCUT2D eigenvalue weighted by molar-refractivity contribution is 6.06. The fourth-order valence-electron chi connectivity index (χ4n) is 1.99. The van der Waals surface area contributed by atoms with Gasteiger partial charge >= 0.3 is 0 Å². The Morgan fingerprint density at radius 3 is 2.72 bits per heavy atom. The molecule has 1 aliphatic rings. The molecular formula is C13H13N3O2. The van der Waals surface area contributed by atoms with Crippen LogP contribution in [0.4, 0.5) is 5.69 Å². The van der Waals surface area contributed by atoms with Gasteiger partial charge in [0.05, 0.1) is 17.7 Å². The minimum atomic E-state index is -0.573. The Morgan fingerprint density at radius 1 is 1.44 bits per heavy atom. The Bertz CT molecular complexity index is 560. The van der Waals surface area contributed by atoms with Crippen LogP contribution in [0.2, 0.25) is 0 Å². The molecule has 1 unspecified atom stereocenters. The molecule has 0 spiro atoms. The number of amides is 2. The lowest BCUT2D eigenvalue weighted by Crippen LogP contribution is -2.32. The third-order valence-corrected chi connectivity index (χ3v) is 3.10. The van der Waals surface area contributed by atoms with E-state index in [4.69, 9.17) is 5.26 Å². The number of nitriles is 1. The van der Waals surface area contributed by atoms with Crippen molar-refractivity contribution in [3.8, 4) is 6.07 Å². The molecular weight excluding hydrogens is 230 g/mol. The lowest BCUT2D eigenvalue weighted by Gasteiger charge is -2.14. The summed E-state index contributed by atoms with van der Waals surface area (Å²) in [6, 6.07) is 6.91. The van der Waals surface area contributed by atoms with Crippen molar-refractivity contribution in [2.24, 2.45) is 0 Å². The first-order valence-corrected chi connectivity index (χ1v) is 5.61. The van der Waals surface area contributed by atoms with Gasteiger partial charge in [0.2, 0.25) is 5.91 Å². The Labute approximate surface area is 105 Å². The van der Waals surface area contributed by atoms with Gasteiger partial charge in [-0.1, -0.05) is 12.1 Å². The molecule has 1 aliphatic heterocycles. The minimum absolute atomic E-state index is 0.133. The fraction of sp³-hybridized carbons (Fsp3) is 0.308. The number of carbonyl (C=O) groups excluding carboxylic acids is 2. The predicted molar refractivity (Wildman–Crippen MR) is 65.7 cm³/mol. The number of aryl methyl sites for hydroxylation is 1. The number of benzene rings is 1. The summed E-state index contributed by atoms with van der Waals surface area (Å²) in [5.41, 5.74) is 1.94. The van der Waals surface area contributed by atoms with E-state index in [1.807, 2.05) is 19.1 Å². The second-order valence-corrected chi connectivity index (χ2v) is 4.30. The molecule has 0 saturated carbocycles. The standard InChI is InChI=1S/C13H13N3O2/c1-8-4-3-5-10(9(8)7-14)15-11-6-12(17)16(2)13(11)18/h3-5,11,15H,6H2,1-2H3. The Hall–Kier alpha value is -2.35. The number of anilines is 1. The summed E-state index contributed by atoms with van der Waals surface area (Å²) < 4.78 is 0. The van der Waals surface area contributed by atoms with Crippen LogP contribution in [0.25, 0.3) is 0 Å². The SMILES string of the molecule is Cc1cccc(NC2CC(=O)N(C)C2=O)c1C#N. The van der Waals surface area contributed by atoms with E-state index >= 15 is 0 Å². The Balaban J connectivity index is 2.26. The fourth-order valence-corrected chi connectivity index (χ4v) is 1.99. The second-order valence-electron chi connectivity index (χ2n) is 4.30. The van der Waals surface area contributed by atoms with Crippen LogP contribution < -0.4 is 5.32 Å². The molecule has 1 saturated heterocycles. The van der Waals surface area contributed by atoms with E-state index in [1.165, 1.54) is 7.05 Å². The number of likely N-dealkylation sites (tertiary alicyclic amines) is 1. The van der Waals surface area contributed by atoms with Gasteiger partial charge in [-0.2, -0.15) is 5.26 Å². The number of rotatable bonds is 2. The molecule has 0 radical (unpaired) electrons. The van der Waals surface area contributed by atoms with Crippen LogP contribution in [0.1, 0.15) is 17.5 Å². The molecule has 5 nitrogen and oxygen atoms in total. The number of nitrogens with one attached hydrogen (secondary N) is 1. The second kappa shape index (κ2) is 4.49. The third kappa shape index (κ3) is 1.93. The van der Waals surface area contributed by atoms with Crippen LogP contribution in [-0.4, -0.2) is 29.8 Å². The van der Waals surface area contributed by atoms with Crippen LogP contribution in [0, 0.1) is 18.3 Å².